The summed E-state index contributed by atoms with van der Waals surface area (Å²) in [4.78, 5) is 29.3. The van der Waals surface area contributed by atoms with Gasteiger partial charge < -0.3 is 15.2 Å². The van der Waals surface area contributed by atoms with Crippen LogP contribution >= 0.6 is 0 Å². The third-order valence-electron chi connectivity index (χ3n) is 5.00. The van der Waals surface area contributed by atoms with Gasteiger partial charge in [-0.05, 0) is 36.1 Å². The average Bonchev–Trinajstić information content (AvgIpc) is 3.11. The fourth-order valence-corrected chi connectivity index (χ4v) is 3.50. The first-order valence-electron chi connectivity index (χ1n) is 9.78. The SMILES string of the molecule is CCc1ccccc1N(CCC(=O)NCCc1c[nH]c2ccccc12)C(C)=O. The lowest BCUT2D eigenvalue weighted by molar-refractivity contribution is -0.121. The molecule has 3 aromatic rings. The highest BCUT2D eigenvalue weighted by atomic mass is 16.2. The number of fused-ring (bicyclic) bond motifs is 1. The average molecular weight is 377 g/mol. The van der Waals surface area contributed by atoms with Gasteiger partial charge in [-0.25, -0.2) is 0 Å². The van der Waals surface area contributed by atoms with E-state index in [0.717, 1.165) is 29.6 Å². The number of benzene rings is 2. The Labute approximate surface area is 165 Å². The van der Waals surface area contributed by atoms with Crippen LogP contribution in [0.3, 0.4) is 0 Å². The van der Waals surface area contributed by atoms with Crippen molar-refractivity contribution < 1.29 is 9.59 Å². The first kappa shape index (κ1) is 19.7. The van der Waals surface area contributed by atoms with E-state index in [2.05, 4.69) is 23.3 Å². The summed E-state index contributed by atoms with van der Waals surface area (Å²) in [6.07, 6.45) is 3.89. The van der Waals surface area contributed by atoms with Gasteiger partial charge in [0.25, 0.3) is 0 Å². The van der Waals surface area contributed by atoms with Gasteiger partial charge in [0, 0.05) is 49.2 Å². The molecule has 1 heterocycles. The molecule has 0 spiro atoms. The number of para-hydroxylation sites is 2. The Balaban J connectivity index is 1.53. The third-order valence-corrected chi connectivity index (χ3v) is 5.00. The third kappa shape index (κ3) is 4.60. The van der Waals surface area contributed by atoms with Crippen LogP contribution in [0.15, 0.2) is 54.7 Å². The molecule has 2 aromatic carbocycles. The molecule has 2 N–H and O–H groups in total. The van der Waals surface area contributed by atoms with Crippen LogP contribution in [0.25, 0.3) is 10.9 Å². The van der Waals surface area contributed by atoms with Crippen molar-refractivity contribution in [2.24, 2.45) is 0 Å². The summed E-state index contributed by atoms with van der Waals surface area (Å²) in [7, 11) is 0. The minimum atomic E-state index is -0.0486. The van der Waals surface area contributed by atoms with Crippen molar-refractivity contribution in [1.82, 2.24) is 10.3 Å². The Morgan fingerprint density at radius 2 is 1.79 bits per heavy atom. The van der Waals surface area contributed by atoms with E-state index in [9.17, 15) is 9.59 Å². The smallest absolute Gasteiger partial charge is 0.223 e. The number of hydrogen-bond acceptors (Lipinski definition) is 2. The van der Waals surface area contributed by atoms with Gasteiger partial charge in [-0.2, -0.15) is 0 Å². The maximum atomic E-state index is 12.3. The van der Waals surface area contributed by atoms with Crippen LogP contribution in [0, 0.1) is 0 Å². The van der Waals surface area contributed by atoms with Crippen LogP contribution in [-0.2, 0) is 22.4 Å². The Bertz CT molecular complexity index is 961. The van der Waals surface area contributed by atoms with Crippen LogP contribution in [-0.4, -0.2) is 29.9 Å². The zero-order valence-corrected chi connectivity index (χ0v) is 16.5. The van der Waals surface area contributed by atoms with E-state index >= 15 is 0 Å². The molecule has 0 fully saturated rings. The van der Waals surface area contributed by atoms with Crippen molar-refractivity contribution >= 4 is 28.4 Å². The van der Waals surface area contributed by atoms with Crippen molar-refractivity contribution in [1.29, 1.82) is 0 Å². The second-order valence-electron chi connectivity index (χ2n) is 6.86. The molecule has 5 nitrogen and oxygen atoms in total. The molecule has 0 saturated heterocycles. The summed E-state index contributed by atoms with van der Waals surface area (Å²) in [5, 5.41) is 4.16. The fraction of sp³-hybridized carbons (Fsp3) is 0.304. The topological polar surface area (TPSA) is 65.2 Å². The Morgan fingerprint density at radius 1 is 1.04 bits per heavy atom. The van der Waals surface area contributed by atoms with Crippen LogP contribution in [0.4, 0.5) is 5.69 Å². The summed E-state index contributed by atoms with van der Waals surface area (Å²) in [5.74, 6) is -0.0902. The minimum absolute atomic E-state index is 0.0416. The highest BCUT2D eigenvalue weighted by molar-refractivity contribution is 5.93. The number of aromatic amines is 1. The van der Waals surface area contributed by atoms with Gasteiger partial charge in [-0.3, -0.25) is 9.59 Å². The Hall–Kier alpha value is -3.08. The zero-order valence-electron chi connectivity index (χ0n) is 16.5. The number of rotatable bonds is 8. The van der Waals surface area contributed by atoms with Crippen LogP contribution in [0.1, 0.15) is 31.4 Å². The molecule has 146 valence electrons. The molecule has 0 aliphatic carbocycles. The van der Waals surface area contributed by atoms with E-state index in [1.165, 1.54) is 10.9 Å². The van der Waals surface area contributed by atoms with Crippen molar-refractivity contribution in [2.75, 3.05) is 18.0 Å². The van der Waals surface area contributed by atoms with Gasteiger partial charge in [0.2, 0.25) is 11.8 Å². The molecule has 0 bridgehead atoms. The number of nitrogens with one attached hydrogen (secondary N) is 2. The molecule has 0 aliphatic heterocycles. The molecule has 2 amide bonds. The lowest BCUT2D eigenvalue weighted by Gasteiger charge is -2.23. The summed E-state index contributed by atoms with van der Waals surface area (Å²) >= 11 is 0. The molecule has 0 unspecified atom stereocenters. The number of H-pyrrole nitrogens is 1. The molecule has 3 rings (SSSR count). The Morgan fingerprint density at radius 3 is 2.57 bits per heavy atom. The normalized spacial score (nSPS) is 10.8. The number of carbonyl (C=O) groups is 2. The van der Waals surface area contributed by atoms with Crippen LogP contribution in [0.5, 0.6) is 0 Å². The van der Waals surface area contributed by atoms with Crippen molar-refractivity contribution in [3.05, 3.63) is 65.9 Å². The van der Waals surface area contributed by atoms with Crippen molar-refractivity contribution in [3.8, 4) is 0 Å². The summed E-state index contributed by atoms with van der Waals surface area (Å²) in [5.41, 5.74) is 4.30. The van der Waals surface area contributed by atoms with E-state index in [0.29, 0.717) is 13.1 Å². The van der Waals surface area contributed by atoms with Gasteiger partial charge >= 0.3 is 0 Å². The molecular weight excluding hydrogens is 350 g/mol. The quantitative estimate of drug-likeness (QED) is 0.626. The van der Waals surface area contributed by atoms with Gasteiger partial charge in [-0.1, -0.05) is 43.3 Å². The highest BCUT2D eigenvalue weighted by Crippen LogP contribution is 2.21. The standard InChI is InChI=1S/C23H27N3O2/c1-3-18-8-4-7-11-22(18)26(17(2)27)15-13-23(28)24-14-12-19-16-25-21-10-6-5-9-20(19)21/h4-11,16,25H,3,12-15H2,1-2H3,(H,24,28). The van der Waals surface area contributed by atoms with Crippen LogP contribution in [0.2, 0.25) is 0 Å². The zero-order chi connectivity index (χ0) is 19.9. The first-order chi connectivity index (χ1) is 13.6. The fourth-order valence-electron chi connectivity index (χ4n) is 3.50. The lowest BCUT2D eigenvalue weighted by atomic mass is 10.1. The van der Waals surface area contributed by atoms with E-state index < -0.39 is 0 Å². The Kier molecular flexibility index (Phi) is 6.48. The predicted octanol–water partition coefficient (Wildman–Crippen LogP) is 3.83. The molecular formula is C23H27N3O2. The molecule has 0 saturated carbocycles. The number of amides is 2. The number of carbonyl (C=O) groups excluding carboxylic acids is 2. The van der Waals surface area contributed by atoms with E-state index in [4.69, 9.17) is 0 Å². The lowest BCUT2D eigenvalue weighted by Crippen LogP contribution is -2.35. The van der Waals surface area contributed by atoms with Gasteiger partial charge in [-0.15, -0.1) is 0 Å². The largest absolute Gasteiger partial charge is 0.361 e. The number of hydrogen-bond donors (Lipinski definition) is 2. The van der Waals surface area contributed by atoms with Crippen molar-refractivity contribution in [3.63, 3.8) is 0 Å². The summed E-state index contributed by atoms with van der Waals surface area (Å²) in [6.45, 7) is 4.56. The van der Waals surface area contributed by atoms with Crippen LogP contribution < -0.4 is 10.2 Å². The molecule has 5 heteroatoms. The molecule has 0 radical (unpaired) electrons. The number of aromatic nitrogens is 1. The monoisotopic (exact) mass is 377 g/mol. The number of anilines is 1. The molecule has 28 heavy (non-hydrogen) atoms. The molecule has 1 aromatic heterocycles. The van der Waals surface area contributed by atoms with Gasteiger partial charge in [0.05, 0.1) is 0 Å². The second kappa shape index (κ2) is 9.22. The number of aryl methyl sites for hydroxylation is 1. The van der Waals surface area contributed by atoms with Gasteiger partial charge in [0.15, 0.2) is 0 Å². The summed E-state index contributed by atoms with van der Waals surface area (Å²) in [6, 6.07) is 16.0. The molecule has 0 atom stereocenters. The van der Waals surface area contributed by atoms with Crippen molar-refractivity contribution in [2.45, 2.75) is 33.1 Å². The summed E-state index contributed by atoms with van der Waals surface area (Å²) < 4.78 is 0. The van der Waals surface area contributed by atoms with E-state index in [1.54, 1.807) is 11.8 Å². The van der Waals surface area contributed by atoms with Gasteiger partial charge in [0.1, 0.15) is 0 Å². The molecule has 0 aliphatic rings. The second-order valence-corrected chi connectivity index (χ2v) is 6.86. The van der Waals surface area contributed by atoms with E-state index in [1.807, 2.05) is 48.7 Å². The predicted molar refractivity (Wildman–Crippen MR) is 113 cm³/mol. The first-order valence-corrected chi connectivity index (χ1v) is 9.78. The van der Waals surface area contributed by atoms with E-state index in [-0.39, 0.29) is 18.2 Å². The maximum absolute atomic E-state index is 12.3. The maximum Gasteiger partial charge on any atom is 0.223 e. The minimum Gasteiger partial charge on any atom is -0.361 e. The number of nitrogens with zero attached hydrogens (tertiary/aromatic N) is 1. The highest BCUT2D eigenvalue weighted by Gasteiger charge is 2.15.